The van der Waals surface area contributed by atoms with E-state index in [4.69, 9.17) is 4.99 Å². The standard InChI is InChI=1S/C22H27N5O2/c1-13-4-2-3-5-16(13)18-17-12-24-22(25-14-6-8-15(28)9-7-14)26-20(17)27-11-10-23-21(29)19(18)27/h2-5,12,14-15,22,25-26,28H,6-11H2,1H3,(H,23,29)/t14-,15-,22?. The van der Waals surface area contributed by atoms with Gasteiger partial charge in [0, 0.05) is 36.5 Å². The molecule has 0 radical (unpaired) electrons. The predicted octanol–water partition coefficient (Wildman–Crippen LogP) is 2.23. The number of fused-ring (bicyclic) bond motifs is 3. The Hall–Kier alpha value is -2.64. The lowest BCUT2D eigenvalue weighted by atomic mass is 9.93. The minimum Gasteiger partial charge on any atom is -0.393 e. The number of aryl methyl sites for hydroxylation is 1. The summed E-state index contributed by atoms with van der Waals surface area (Å²) in [4.78, 5) is 17.5. The predicted molar refractivity (Wildman–Crippen MR) is 113 cm³/mol. The van der Waals surface area contributed by atoms with Gasteiger partial charge in [-0.25, -0.2) is 0 Å². The first-order valence-electron chi connectivity index (χ1n) is 10.5. The van der Waals surface area contributed by atoms with E-state index < -0.39 is 0 Å². The molecule has 0 bridgehead atoms. The number of nitrogens with zero attached hydrogens (tertiary/aromatic N) is 2. The number of nitrogens with one attached hydrogen (secondary N) is 3. The Kier molecular flexibility index (Phi) is 4.64. The second-order valence-corrected chi connectivity index (χ2v) is 8.21. The fourth-order valence-corrected chi connectivity index (χ4v) is 4.74. The average molecular weight is 393 g/mol. The summed E-state index contributed by atoms with van der Waals surface area (Å²) < 4.78 is 2.10. The van der Waals surface area contributed by atoms with Crippen molar-refractivity contribution in [2.75, 3.05) is 11.9 Å². The second-order valence-electron chi connectivity index (χ2n) is 8.21. The first-order valence-corrected chi connectivity index (χ1v) is 10.5. The third-order valence-corrected chi connectivity index (χ3v) is 6.27. The molecular weight excluding hydrogens is 366 g/mol. The van der Waals surface area contributed by atoms with Crippen LogP contribution in [0.2, 0.25) is 0 Å². The lowest BCUT2D eigenvalue weighted by molar-refractivity contribution is 0.0929. The summed E-state index contributed by atoms with van der Waals surface area (Å²) >= 11 is 0. The average Bonchev–Trinajstić information content (AvgIpc) is 3.05. The molecule has 0 saturated heterocycles. The van der Waals surface area contributed by atoms with Crippen molar-refractivity contribution in [1.29, 1.82) is 0 Å². The van der Waals surface area contributed by atoms with E-state index >= 15 is 0 Å². The van der Waals surface area contributed by atoms with Crippen molar-refractivity contribution in [2.45, 2.75) is 57.6 Å². The molecule has 4 N–H and O–H groups in total. The molecule has 1 aliphatic carbocycles. The Bertz CT molecular complexity index is 972. The maximum absolute atomic E-state index is 12.8. The van der Waals surface area contributed by atoms with Gasteiger partial charge in [0.2, 0.25) is 0 Å². The third kappa shape index (κ3) is 3.24. The molecule has 5 rings (SSSR count). The summed E-state index contributed by atoms with van der Waals surface area (Å²) in [6.45, 7) is 3.43. The van der Waals surface area contributed by atoms with Crippen molar-refractivity contribution in [3.05, 3.63) is 41.1 Å². The molecule has 29 heavy (non-hydrogen) atoms. The zero-order valence-corrected chi connectivity index (χ0v) is 16.6. The van der Waals surface area contributed by atoms with Crippen LogP contribution in [0.3, 0.4) is 0 Å². The van der Waals surface area contributed by atoms with Crippen LogP contribution in [0.5, 0.6) is 0 Å². The molecule has 1 aromatic heterocycles. The van der Waals surface area contributed by atoms with E-state index in [1.165, 1.54) is 0 Å². The largest absolute Gasteiger partial charge is 0.393 e. The van der Waals surface area contributed by atoms with Gasteiger partial charge in [-0.3, -0.25) is 15.1 Å². The van der Waals surface area contributed by atoms with Crippen LogP contribution in [0.1, 0.15) is 47.3 Å². The van der Waals surface area contributed by atoms with Gasteiger partial charge < -0.3 is 20.3 Å². The van der Waals surface area contributed by atoms with Gasteiger partial charge in [-0.15, -0.1) is 0 Å². The smallest absolute Gasteiger partial charge is 0.268 e. The number of aromatic nitrogens is 1. The number of aliphatic hydroxyl groups is 1. The van der Waals surface area contributed by atoms with Crippen molar-refractivity contribution in [1.82, 2.24) is 15.2 Å². The first-order chi connectivity index (χ1) is 14.1. The number of hydrogen-bond donors (Lipinski definition) is 4. The van der Waals surface area contributed by atoms with Crippen LogP contribution >= 0.6 is 0 Å². The van der Waals surface area contributed by atoms with Crippen LogP contribution in [0, 0.1) is 6.92 Å². The number of hydrogen-bond acceptors (Lipinski definition) is 5. The number of carbonyl (C=O) groups excluding carboxylic acids is 1. The highest BCUT2D eigenvalue weighted by Gasteiger charge is 2.33. The topological polar surface area (TPSA) is 90.7 Å². The van der Waals surface area contributed by atoms with E-state index in [9.17, 15) is 9.90 Å². The lowest BCUT2D eigenvalue weighted by Crippen LogP contribution is -2.46. The fourth-order valence-electron chi connectivity index (χ4n) is 4.74. The summed E-state index contributed by atoms with van der Waals surface area (Å²) in [5.41, 5.74) is 4.83. The molecule has 2 aromatic rings. The Morgan fingerprint density at radius 2 is 2.00 bits per heavy atom. The molecule has 3 heterocycles. The van der Waals surface area contributed by atoms with E-state index in [1.807, 2.05) is 18.3 Å². The molecule has 7 nitrogen and oxygen atoms in total. The molecule has 1 saturated carbocycles. The zero-order chi connectivity index (χ0) is 20.0. The van der Waals surface area contributed by atoms with Gasteiger partial charge in [-0.2, -0.15) is 0 Å². The molecule has 0 spiro atoms. The van der Waals surface area contributed by atoms with Crippen molar-refractivity contribution < 1.29 is 9.90 Å². The molecule has 2 aliphatic heterocycles. The molecule has 1 fully saturated rings. The van der Waals surface area contributed by atoms with Gasteiger partial charge in [-0.1, -0.05) is 24.3 Å². The molecule has 3 aliphatic rings. The third-order valence-electron chi connectivity index (χ3n) is 6.27. The molecule has 7 heteroatoms. The maximum Gasteiger partial charge on any atom is 0.268 e. The van der Waals surface area contributed by atoms with Crippen molar-refractivity contribution in [2.24, 2.45) is 4.99 Å². The van der Waals surface area contributed by atoms with Crippen molar-refractivity contribution in [3.8, 4) is 11.1 Å². The van der Waals surface area contributed by atoms with E-state index in [-0.39, 0.29) is 18.3 Å². The van der Waals surface area contributed by atoms with Gasteiger partial charge in [0.15, 0.2) is 6.29 Å². The summed E-state index contributed by atoms with van der Waals surface area (Å²) in [5.74, 6) is 0.918. The van der Waals surface area contributed by atoms with Crippen LogP contribution in [0.15, 0.2) is 29.3 Å². The van der Waals surface area contributed by atoms with Crippen molar-refractivity contribution >= 4 is 17.9 Å². The molecule has 1 amide bonds. The number of carbonyl (C=O) groups is 1. The summed E-state index contributed by atoms with van der Waals surface area (Å²) in [5, 5.41) is 19.8. The second kappa shape index (κ2) is 7.31. The Morgan fingerprint density at radius 1 is 1.21 bits per heavy atom. The van der Waals surface area contributed by atoms with E-state index in [1.54, 1.807) is 0 Å². The number of rotatable bonds is 3. The quantitative estimate of drug-likeness (QED) is 0.644. The van der Waals surface area contributed by atoms with Crippen molar-refractivity contribution in [3.63, 3.8) is 0 Å². The van der Waals surface area contributed by atoms with Crippen LogP contribution in [-0.4, -0.2) is 46.8 Å². The Balaban J connectivity index is 1.51. The van der Waals surface area contributed by atoms with E-state index in [2.05, 4.69) is 39.6 Å². The van der Waals surface area contributed by atoms with E-state index in [0.717, 1.165) is 60.3 Å². The summed E-state index contributed by atoms with van der Waals surface area (Å²) in [6.07, 6.45) is 5.07. The van der Waals surface area contributed by atoms with Crippen LogP contribution in [-0.2, 0) is 6.54 Å². The zero-order valence-electron chi connectivity index (χ0n) is 16.6. The highest BCUT2D eigenvalue weighted by atomic mass is 16.3. The molecule has 1 atom stereocenters. The Labute approximate surface area is 170 Å². The van der Waals surface area contributed by atoms with Gasteiger partial charge in [0.05, 0.1) is 6.10 Å². The van der Waals surface area contributed by atoms with Gasteiger partial charge in [0.1, 0.15) is 11.5 Å². The maximum atomic E-state index is 12.8. The summed E-state index contributed by atoms with van der Waals surface area (Å²) in [7, 11) is 0. The number of aliphatic hydroxyl groups excluding tert-OH is 1. The highest BCUT2D eigenvalue weighted by molar-refractivity contribution is 6.09. The summed E-state index contributed by atoms with van der Waals surface area (Å²) in [6, 6.07) is 8.50. The molecule has 1 unspecified atom stereocenters. The minimum atomic E-state index is -0.226. The monoisotopic (exact) mass is 393 g/mol. The minimum absolute atomic E-state index is 0.0371. The Morgan fingerprint density at radius 3 is 2.79 bits per heavy atom. The fraction of sp³-hybridized carbons (Fsp3) is 0.455. The molecule has 152 valence electrons. The van der Waals surface area contributed by atoms with Gasteiger partial charge in [0.25, 0.3) is 5.91 Å². The van der Waals surface area contributed by atoms with E-state index in [0.29, 0.717) is 18.3 Å². The number of benzene rings is 1. The SMILES string of the molecule is Cc1ccccc1-c1c2c(n3c1C(=O)NCC3)NC(N[C@H]1CC[C@H](O)CC1)N=C2. The van der Waals surface area contributed by atoms with Gasteiger partial charge >= 0.3 is 0 Å². The first kappa shape index (κ1) is 18.4. The molecule has 1 aromatic carbocycles. The van der Waals surface area contributed by atoms with Crippen LogP contribution in [0.25, 0.3) is 11.1 Å². The molecular formula is C22H27N5O2. The van der Waals surface area contributed by atoms with Crippen LogP contribution in [0.4, 0.5) is 5.82 Å². The van der Waals surface area contributed by atoms with Gasteiger partial charge in [-0.05, 0) is 43.7 Å². The number of amides is 1. The normalized spacial score (nSPS) is 25.7. The van der Waals surface area contributed by atoms with Crippen LogP contribution < -0.4 is 16.0 Å². The number of aliphatic imine (C=N–C) groups is 1. The lowest BCUT2D eigenvalue weighted by Gasteiger charge is -2.31. The number of anilines is 1. The highest BCUT2D eigenvalue weighted by Crippen LogP contribution is 2.39.